The van der Waals surface area contributed by atoms with Crippen molar-refractivity contribution in [3.63, 3.8) is 0 Å². The van der Waals surface area contributed by atoms with E-state index >= 15 is 0 Å². The normalized spacial score (nSPS) is 13.2. The summed E-state index contributed by atoms with van der Waals surface area (Å²) in [4.78, 5) is 3.95. The van der Waals surface area contributed by atoms with E-state index in [1.165, 1.54) is 32.1 Å². The summed E-state index contributed by atoms with van der Waals surface area (Å²) >= 11 is 0. The van der Waals surface area contributed by atoms with E-state index in [0.717, 1.165) is 24.3 Å². The number of hydrogen-bond donors (Lipinski definition) is 5. The van der Waals surface area contributed by atoms with Crippen LogP contribution in [0.25, 0.3) is 0 Å². The minimum atomic E-state index is 0.402. The van der Waals surface area contributed by atoms with Gasteiger partial charge in [0.2, 0.25) is 0 Å². The number of aromatic nitrogens is 1. The van der Waals surface area contributed by atoms with Crippen molar-refractivity contribution < 1.29 is 0 Å². The number of hydrogen-bond acceptors (Lipinski definition) is 6. The van der Waals surface area contributed by atoms with E-state index in [2.05, 4.69) is 40.7 Å². The zero-order valence-corrected chi connectivity index (χ0v) is 18.9. The first kappa shape index (κ1) is 25.2. The maximum atomic E-state index is 5.80. The summed E-state index contributed by atoms with van der Waals surface area (Å²) in [5.74, 6) is 6.92. The molecule has 1 aromatic heterocycles. The van der Waals surface area contributed by atoms with E-state index in [1.807, 2.05) is 36.4 Å². The maximum Gasteiger partial charge on any atom is 0.165 e. The van der Waals surface area contributed by atoms with Crippen molar-refractivity contribution in [2.45, 2.75) is 50.9 Å². The average Bonchev–Trinajstić information content (AvgIpc) is 2.87. The number of benzene rings is 2. The minimum absolute atomic E-state index is 0.402. The van der Waals surface area contributed by atoms with Crippen LogP contribution in [-0.2, 0) is 6.42 Å². The summed E-state index contributed by atoms with van der Waals surface area (Å²) in [7, 11) is 0. The minimum Gasteiger partial charge on any atom is -0.395 e. The van der Waals surface area contributed by atoms with Gasteiger partial charge in [0.1, 0.15) is 5.82 Å². The molecule has 0 spiro atoms. The fourth-order valence-corrected chi connectivity index (χ4v) is 3.79. The molecule has 1 saturated carbocycles. The third-order valence-electron chi connectivity index (χ3n) is 5.49. The molecule has 1 aliphatic carbocycles. The molecule has 6 heteroatoms. The van der Waals surface area contributed by atoms with Gasteiger partial charge in [-0.3, -0.25) is 0 Å². The topological polar surface area (TPSA) is 129 Å². The van der Waals surface area contributed by atoms with E-state index in [0.29, 0.717) is 23.9 Å². The second-order valence-electron chi connectivity index (χ2n) is 7.91. The average molecular weight is 435 g/mol. The number of hydrazine groups is 1. The van der Waals surface area contributed by atoms with Gasteiger partial charge in [-0.15, -0.1) is 0 Å². The summed E-state index contributed by atoms with van der Waals surface area (Å²) in [6.45, 7) is 0.618. The second kappa shape index (κ2) is 14.8. The number of pyridine rings is 1. The molecule has 32 heavy (non-hydrogen) atoms. The molecule has 0 atom stereocenters. The number of nitrogens with two attached hydrogens (primary N) is 4. The zero-order valence-electron chi connectivity index (χ0n) is 18.9. The first-order chi connectivity index (χ1) is 15.7. The SMILES string of the molecule is NCCCc1cc(N)nc(NN)c1N.c1ccc(C2CCCCC2)cc1.c1ccccc1. The fraction of sp³-hybridized carbons (Fsp3) is 0.346. The molecule has 0 amide bonds. The van der Waals surface area contributed by atoms with Crippen molar-refractivity contribution in [1.82, 2.24) is 4.98 Å². The molecule has 1 fully saturated rings. The van der Waals surface area contributed by atoms with Crippen LogP contribution >= 0.6 is 0 Å². The molecular formula is C26H38N6. The standard InChI is InChI=1S/C12H16.C8H16N6.C6H6/c1-3-7-11(8-4-1)12-9-5-2-6-10-12;9-3-1-2-5-4-6(10)13-8(14-12)7(5)11;1-2-4-6-5-3-1/h1,3-4,7-8,12H,2,5-6,9-10H2;4H,1-3,9,11-12H2,(H3,10,13,14);1-6H. The molecule has 0 radical (unpaired) electrons. The highest BCUT2D eigenvalue weighted by Crippen LogP contribution is 2.32. The van der Waals surface area contributed by atoms with Crippen molar-refractivity contribution >= 4 is 17.3 Å². The number of anilines is 3. The predicted molar refractivity (Wildman–Crippen MR) is 137 cm³/mol. The van der Waals surface area contributed by atoms with Crippen LogP contribution in [0.3, 0.4) is 0 Å². The Morgan fingerprint density at radius 2 is 1.41 bits per heavy atom. The monoisotopic (exact) mass is 434 g/mol. The van der Waals surface area contributed by atoms with Crippen molar-refractivity contribution in [3.8, 4) is 0 Å². The summed E-state index contributed by atoms with van der Waals surface area (Å²) in [6, 6.07) is 24.7. The Bertz CT molecular complexity index is 838. The molecule has 4 rings (SSSR count). The Hall–Kier alpha value is -3.09. The first-order valence-corrected chi connectivity index (χ1v) is 11.4. The lowest BCUT2D eigenvalue weighted by molar-refractivity contribution is 0.443. The number of rotatable bonds is 5. The summed E-state index contributed by atoms with van der Waals surface area (Å²) in [5, 5.41) is 0. The molecule has 0 aliphatic heterocycles. The molecule has 6 nitrogen and oxygen atoms in total. The van der Waals surface area contributed by atoms with Gasteiger partial charge in [-0.05, 0) is 55.3 Å². The first-order valence-electron chi connectivity index (χ1n) is 11.4. The lowest BCUT2D eigenvalue weighted by Crippen LogP contribution is -2.14. The second-order valence-corrected chi connectivity index (χ2v) is 7.91. The third kappa shape index (κ3) is 8.96. The van der Waals surface area contributed by atoms with Crippen LogP contribution in [0, 0.1) is 0 Å². The van der Waals surface area contributed by atoms with Crippen molar-refractivity contribution in [1.29, 1.82) is 0 Å². The maximum absolute atomic E-state index is 5.80. The molecule has 1 heterocycles. The Kier molecular flexibility index (Phi) is 11.7. The summed E-state index contributed by atoms with van der Waals surface area (Å²) < 4.78 is 0. The Morgan fingerprint density at radius 3 is 1.94 bits per heavy atom. The van der Waals surface area contributed by atoms with Gasteiger partial charge in [-0.2, -0.15) is 0 Å². The quantitative estimate of drug-likeness (QED) is 0.288. The van der Waals surface area contributed by atoms with Gasteiger partial charge in [-0.1, -0.05) is 86.0 Å². The van der Waals surface area contributed by atoms with Crippen LogP contribution in [0.1, 0.15) is 55.6 Å². The van der Waals surface area contributed by atoms with Crippen LogP contribution in [0.5, 0.6) is 0 Å². The Labute approximate surface area is 192 Å². The van der Waals surface area contributed by atoms with E-state index in [-0.39, 0.29) is 0 Å². The molecular weight excluding hydrogens is 396 g/mol. The Morgan fingerprint density at radius 1 is 0.844 bits per heavy atom. The molecule has 2 aromatic carbocycles. The number of aryl methyl sites for hydroxylation is 1. The number of nitrogen functional groups attached to an aromatic ring is 3. The van der Waals surface area contributed by atoms with Crippen LogP contribution in [0.4, 0.5) is 17.3 Å². The van der Waals surface area contributed by atoms with Gasteiger partial charge in [0.05, 0.1) is 5.69 Å². The third-order valence-corrected chi connectivity index (χ3v) is 5.49. The van der Waals surface area contributed by atoms with Crippen molar-refractivity contribution in [3.05, 3.63) is 83.9 Å². The Balaban J connectivity index is 0.000000182. The van der Waals surface area contributed by atoms with Crippen LogP contribution in [0.2, 0.25) is 0 Å². The van der Waals surface area contributed by atoms with Gasteiger partial charge < -0.3 is 22.6 Å². The predicted octanol–water partition coefficient (Wildman–Crippen LogP) is 4.84. The molecule has 0 bridgehead atoms. The van der Waals surface area contributed by atoms with E-state index in [1.54, 1.807) is 11.6 Å². The van der Waals surface area contributed by atoms with Crippen LogP contribution in [0.15, 0.2) is 72.8 Å². The van der Waals surface area contributed by atoms with E-state index in [9.17, 15) is 0 Å². The van der Waals surface area contributed by atoms with Gasteiger partial charge in [0, 0.05) is 0 Å². The molecule has 0 unspecified atom stereocenters. The van der Waals surface area contributed by atoms with Crippen LogP contribution < -0.4 is 28.5 Å². The number of nitrogens with zero attached hydrogens (tertiary/aromatic N) is 1. The van der Waals surface area contributed by atoms with Gasteiger partial charge in [0.25, 0.3) is 0 Å². The molecule has 3 aromatic rings. The van der Waals surface area contributed by atoms with E-state index in [4.69, 9.17) is 23.0 Å². The highest BCUT2D eigenvalue weighted by atomic mass is 15.3. The highest BCUT2D eigenvalue weighted by Gasteiger charge is 2.14. The van der Waals surface area contributed by atoms with Crippen LogP contribution in [-0.4, -0.2) is 11.5 Å². The molecule has 1 aliphatic rings. The fourth-order valence-electron chi connectivity index (χ4n) is 3.79. The van der Waals surface area contributed by atoms with E-state index < -0.39 is 0 Å². The molecule has 0 saturated heterocycles. The van der Waals surface area contributed by atoms with Gasteiger partial charge in [-0.25, -0.2) is 10.8 Å². The molecule has 9 N–H and O–H groups in total. The van der Waals surface area contributed by atoms with Gasteiger partial charge in [0.15, 0.2) is 5.82 Å². The lowest BCUT2D eigenvalue weighted by atomic mass is 9.84. The van der Waals surface area contributed by atoms with Gasteiger partial charge >= 0.3 is 0 Å². The lowest BCUT2D eigenvalue weighted by Gasteiger charge is -2.21. The smallest absolute Gasteiger partial charge is 0.165 e. The highest BCUT2D eigenvalue weighted by molar-refractivity contribution is 5.68. The number of nitrogens with one attached hydrogen (secondary N) is 1. The van der Waals surface area contributed by atoms with Crippen molar-refractivity contribution in [2.24, 2.45) is 11.6 Å². The zero-order chi connectivity index (χ0) is 23.0. The largest absolute Gasteiger partial charge is 0.395 e. The molecule has 172 valence electrons. The summed E-state index contributed by atoms with van der Waals surface area (Å²) in [6.07, 6.45) is 8.76. The summed E-state index contributed by atoms with van der Waals surface area (Å²) in [5.41, 5.74) is 22.2. The van der Waals surface area contributed by atoms with Crippen molar-refractivity contribution in [2.75, 3.05) is 23.4 Å².